The quantitative estimate of drug-likeness (QED) is 0.751. The number of thiazole rings is 1. The second-order valence-corrected chi connectivity index (χ2v) is 5.85. The van der Waals surface area contributed by atoms with Gasteiger partial charge in [-0.2, -0.15) is 0 Å². The van der Waals surface area contributed by atoms with Crippen molar-refractivity contribution in [2.45, 2.75) is 19.8 Å². The Balaban J connectivity index is 2.16. The van der Waals surface area contributed by atoms with Crippen molar-refractivity contribution in [3.05, 3.63) is 58.6 Å². The first-order valence-electron chi connectivity index (χ1n) is 6.37. The standard InChI is InChI=1S/C16H16N2S/c1-10(15-11(2)18-16(17)19-15)13-9-5-7-12-6-3-4-8-14(12)13/h3-10H,1-2H3,(H2,17,18). The molecule has 0 aliphatic heterocycles. The average Bonchev–Trinajstić information content (AvgIpc) is 2.76. The summed E-state index contributed by atoms with van der Waals surface area (Å²) >= 11 is 1.59. The van der Waals surface area contributed by atoms with Crippen LogP contribution in [0.15, 0.2) is 42.5 Å². The van der Waals surface area contributed by atoms with Gasteiger partial charge in [0.1, 0.15) is 0 Å². The second-order valence-electron chi connectivity index (χ2n) is 4.79. The molecule has 3 aromatic rings. The van der Waals surface area contributed by atoms with Gasteiger partial charge in [-0.05, 0) is 23.3 Å². The summed E-state index contributed by atoms with van der Waals surface area (Å²) in [5.41, 5.74) is 8.20. The summed E-state index contributed by atoms with van der Waals surface area (Å²) in [7, 11) is 0. The maximum Gasteiger partial charge on any atom is 0.180 e. The summed E-state index contributed by atoms with van der Waals surface area (Å²) in [4.78, 5) is 5.59. The molecule has 0 radical (unpaired) electrons. The zero-order valence-corrected chi connectivity index (χ0v) is 11.9. The Kier molecular flexibility index (Phi) is 2.99. The van der Waals surface area contributed by atoms with Gasteiger partial charge in [0.05, 0.1) is 5.69 Å². The van der Waals surface area contributed by atoms with E-state index in [-0.39, 0.29) is 0 Å². The van der Waals surface area contributed by atoms with E-state index in [2.05, 4.69) is 54.4 Å². The highest BCUT2D eigenvalue weighted by molar-refractivity contribution is 7.15. The van der Waals surface area contributed by atoms with E-state index in [1.807, 2.05) is 6.92 Å². The fourth-order valence-electron chi connectivity index (χ4n) is 2.60. The van der Waals surface area contributed by atoms with Crippen molar-refractivity contribution in [1.29, 1.82) is 0 Å². The number of benzene rings is 2. The highest BCUT2D eigenvalue weighted by Gasteiger charge is 2.17. The predicted octanol–water partition coefficient (Wildman–Crippen LogP) is 4.34. The minimum absolute atomic E-state index is 0.320. The summed E-state index contributed by atoms with van der Waals surface area (Å²) in [6.07, 6.45) is 0. The lowest BCUT2D eigenvalue weighted by molar-refractivity contribution is 0.937. The number of nitrogens with two attached hydrogens (primary N) is 1. The molecule has 0 saturated heterocycles. The van der Waals surface area contributed by atoms with Gasteiger partial charge in [0, 0.05) is 10.8 Å². The Labute approximate surface area is 116 Å². The maximum absolute atomic E-state index is 5.82. The Morgan fingerprint density at radius 1 is 1.11 bits per heavy atom. The summed E-state index contributed by atoms with van der Waals surface area (Å²) in [5.74, 6) is 0.320. The molecule has 1 atom stereocenters. The minimum atomic E-state index is 0.320. The number of hydrogen-bond acceptors (Lipinski definition) is 3. The fourth-order valence-corrected chi connectivity index (χ4v) is 3.51. The first kappa shape index (κ1) is 12.2. The summed E-state index contributed by atoms with van der Waals surface area (Å²) < 4.78 is 0. The van der Waals surface area contributed by atoms with Gasteiger partial charge in [-0.25, -0.2) is 4.98 Å². The van der Waals surface area contributed by atoms with Crippen LogP contribution in [0.2, 0.25) is 0 Å². The lowest BCUT2D eigenvalue weighted by atomic mass is 9.93. The van der Waals surface area contributed by atoms with Gasteiger partial charge in [0.2, 0.25) is 0 Å². The molecule has 0 aliphatic rings. The minimum Gasteiger partial charge on any atom is -0.375 e. The fraction of sp³-hybridized carbons (Fsp3) is 0.188. The number of fused-ring (bicyclic) bond motifs is 1. The van der Waals surface area contributed by atoms with Gasteiger partial charge in [-0.1, -0.05) is 49.4 Å². The molecule has 0 saturated carbocycles. The largest absolute Gasteiger partial charge is 0.375 e. The van der Waals surface area contributed by atoms with Gasteiger partial charge in [0.25, 0.3) is 0 Å². The SMILES string of the molecule is Cc1nc(N)sc1C(C)c1cccc2ccccc12. The highest BCUT2D eigenvalue weighted by atomic mass is 32.1. The molecule has 3 rings (SSSR count). The molecule has 96 valence electrons. The highest BCUT2D eigenvalue weighted by Crippen LogP contribution is 2.35. The zero-order valence-electron chi connectivity index (χ0n) is 11.1. The van der Waals surface area contributed by atoms with Crippen molar-refractivity contribution in [1.82, 2.24) is 4.98 Å². The molecule has 1 heterocycles. The molecule has 3 heteroatoms. The molecule has 2 nitrogen and oxygen atoms in total. The van der Waals surface area contributed by atoms with Crippen LogP contribution in [0.3, 0.4) is 0 Å². The van der Waals surface area contributed by atoms with E-state index >= 15 is 0 Å². The molecule has 2 aromatic carbocycles. The van der Waals surface area contributed by atoms with Crippen molar-refractivity contribution in [2.75, 3.05) is 5.73 Å². The van der Waals surface area contributed by atoms with Gasteiger partial charge < -0.3 is 5.73 Å². The number of hydrogen-bond donors (Lipinski definition) is 1. The van der Waals surface area contributed by atoms with Crippen LogP contribution in [-0.4, -0.2) is 4.98 Å². The number of aromatic nitrogens is 1. The Bertz CT molecular complexity index is 725. The molecule has 0 fully saturated rings. The van der Waals surface area contributed by atoms with Crippen LogP contribution in [-0.2, 0) is 0 Å². The predicted molar refractivity (Wildman–Crippen MR) is 82.7 cm³/mol. The number of nitrogen functional groups attached to an aromatic ring is 1. The zero-order chi connectivity index (χ0) is 13.4. The lowest BCUT2D eigenvalue weighted by Gasteiger charge is -2.13. The molecular formula is C16H16N2S. The summed E-state index contributed by atoms with van der Waals surface area (Å²) in [6, 6.07) is 15.0. The Morgan fingerprint density at radius 2 is 1.84 bits per heavy atom. The van der Waals surface area contributed by atoms with Crippen LogP contribution in [0.25, 0.3) is 10.8 Å². The van der Waals surface area contributed by atoms with E-state index in [1.54, 1.807) is 11.3 Å². The summed E-state index contributed by atoms with van der Waals surface area (Å²) in [5, 5.41) is 3.24. The molecule has 0 aliphatic carbocycles. The van der Waals surface area contributed by atoms with Gasteiger partial charge >= 0.3 is 0 Å². The van der Waals surface area contributed by atoms with Crippen LogP contribution >= 0.6 is 11.3 Å². The third kappa shape index (κ3) is 2.10. The van der Waals surface area contributed by atoms with E-state index in [0.717, 1.165) is 5.69 Å². The Morgan fingerprint density at radius 3 is 2.58 bits per heavy atom. The van der Waals surface area contributed by atoms with Crippen LogP contribution in [0, 0.1) is 6.92 Å². The van der Waals surface area contributed by atoms with Crippen molar-refractivity contribution >= 4 is 27.2 Å². The van der Waals surface area contributed by atoms with E-state index in [0.29, 0.717) is 11.0 Å². The van der Waals surface area contributed by atoms with Gasteiger partial charge in [-0.15, -0.1) is 11.3 Å². The monoisotopic (exact) mass is 268 g/mol. The van der Waals surface area contributed by atoms with Crippen LogP contribution in [0.5, 0.6) is 0 Å². The molecule has 1 unspecified atom stereocenters. The van der Waals surface area contributed by atoms with Gasteiger partial charge in [0.15, 0.2) is 5.13 Å². The van der Waals surface area contributed by atoms with E-state index in [4.69, 9.17) is 5.73 Å². The number of nitrogens with zero attached hydrogens (tertiary/aromatic N) is 1. The topological polar surface area (TPSA) is 38.9 Å². The first-order valence-corrected chi connectivity index (χ1v) is 7.19. The summed E-state index contributed by atoms with van der Waals surface area (Å²) in [6.45, 7) is 4.26. The smallest absolute Gasteiger partial charge is 0.180 e. The first-order chi connectivity index (χ1) is 9.16. The average molecular weight is 268 g/mol. The lowest BCUT2D eigenvalue weighted by Crippen LogP contribution is -1.96. The van der Waals surface area contributed by atoms with Crippen LogP contribution < -0.4 is 5.73 Å². The maximum atomic E-state index is 5.82. The molecule has 2 N–H and O–H groups in total. The van der Waals surface area contributed by atoms with Crippen molar-refractivity contribution in [3.8, 4) is 0 Å². The van der Waals surface area contributed by atoms with Crippen LogP contribution in [0.4, 0.5) is 5.13 Å². The molecular weight excluding hydrogens is 252 g/mol. The van der Waals surface area contributed by atoms with E-state index in [9.17, 15) is 0 Å². The Hall–Kier alpha value is -1.87. The number of rotatable bonds is 2. The molecule has 0 bridgehead atoms. The van der Waals surface area contributed by atoms with Crippen LogP contribution in [0.1, 0.15) is 29.0 Å². The third-order valence-electron chi connectivity index (χ3n) is 3.53. The van der Waals surface area contributed by atoms with E-state index in [1.165, 1.54) is 21.2 Å². The molecule has 0 spiro atoms. The van der Waals surface area contributed by atoms with Crippen molar-refractivity contribution in [2.24, 2.45) is 0 Å². The third-order valence-corrected chi connectivity index (χ3v) is 4.70. The van der Waals surface area contributed by atoms with Crippen molar-refractivity contribution < 1.29 is 0 Å². The molecule has 1 aromatic heterocycles. The molecule has 0 amide bonds. The van der Waals surface area contributed by atoms with Crippen molar-refractivity contribution in [3.63, 3.8) is 0 Å². The normalized spacial score (nSPS) is 12.7. The number of anilines is 1. The number of aryl methyl sites for hydroxylation is 1. The second kappa shape index (κ2) is 4.67. The van der Waals surface area contributed by atoms with Gasteiger partial charge in [-0.3, -0.25) is 0 Å². The molecule has 19 heavy (non-hydrogen) atoms. The van der Waals surface area contributed by atoms with E-state index < -0.39 is 0 Å².